The Kier molecular flexibility index (Phi) is 5.82. The molecule has 2 nitrogen and oxygen atoms in total. The van der Waals surface area contributed by atoms with Gasteiger partial charge in [0.05, 0.1) is 12.0 Å². The van der Waals surface area contributed by atoms with E-state index in [0.717, 1.165) is 31.7 Å². The van der Waals surface area contributed by atoms with Crippen LogP contribution in [0.2, 0.25) is 0 Å². The zero-order valence-corrected chi connectivity index (χ0v) is 13.6. The maximum atomic E-state index is 9.47. The highest BCUT2D eigenvalue weighted by Gasteiger charge is 2.33. The second-order valence-electron chi connectivity index (χ2n) is 6.89. The molecule has 2 heteroatoms. The van der Waals surface area contributed by atoms with Crippen LogP contribution in [0.3, 0.4) is 0 Å². The van der Waals surface area contributed by atoms with Crippen molar-refractivity contribution in [2.75, 3.05) is 13.6 Å². The predicted molar refractivity (Wildman–Crippen MR) is 88.0 cm³/mol. The number of rotatable bonds is 5. The molecule has 1 aromatic rings. The number of benzene rings is 1. The monoisotopic (exact) mass is 284 g/mol. The van der Waals surface area contributed by atoms with Gasteiger partial charge in [-0.3, -0.25) is 0 Å². The Bertz CT molecular complexity index is 460. The smallest absolute Gasteiger partial charge is 0.0672 e. The van der Waals surface area contributed by atoms with Gasteiger partial charge in [-0.05, 0) is 56.7 Å². The first-order valence-electron chi connectivity index (χ1n) is 8.26. The fourth-order valence-electron chi connectivity index (χ4n) is 3.44. The molecule has 0 heterocycles. The maximum Gasteiger partial charge on any atom is 0.0672 e. The van der Waals surface area contributed by atoms with E-state index in [9.17, 15) is 5.26 Å². The molecule has 1 aliphatic carbocycles. The van der Waals surface area contributed by atoms with Gasteiger partial charge in [0.1, 0.15) is 0 Å². The third kappa shape index (κ3) is 4.32. The van der Waals surface area contributed by atoms with Crippen LogP contribution in [-0.2, 0) is 0 Å². The molecule has 0 N–H and O–H groups in total. The van der Waals surface area contributed by atoms with Crippen molar-refractivity contribution >= 4 is 0 Å². The summed E-state index contributed by atoms with van der Waals surface area (Å²) in [7, 11) is 2.20. The van der Waals surface area contributed by atoms with Crippen molar-refractivity contribution in [3.63, 3.8) is 0 Å². The first kappa shape index (κ1) is 16.0. The zero-order valence-electron chi connectivity index (χ0n) is 13.6. The third-order valence-electron chi connectivity index (χ3n) is 4.88. The Morgan fingerprint density at radius 2 is 1.95 bits per heavy atom. The van der Waals surface area contributed by atoms with Crippen LogP contribution in [0.1, 0.15) is 51.0 Å². The van der Waals surface area contributed by atoms with E-state index < -0.39 is 0 Å². The number of hydrogen-bond acceptors (Lipinski definition) is 2. The molecular formula is C19H28N2. The highest BCUT2D eigenvalue weighted by atomic mass is 15.1. The molecule has 2 rings (SSSR count). The fourth-order valence-corrected chi connectivity index (χ4v) is 3.44. The number of hydrogen-bond donors (Lipinski definition) is 0. The van der Waals surface area contributed by atoms with E-state index in [1.54, 1.807) is 0 Å². The summed E-state index contributed by atoms with van der Waals surface area (Å²) in [6.07, 6.45) is 4.52. The van der Waals surface area contributed by atoms with Gasteiger partial charge in [0, 0.05) is 6.04 Å². The van der Waals surface area contributed by atoms with Crippen LogP contribution in [0.5, 0.6) is 0 Å². The Morgan fingerprint density at radius 3 is 2.57 bits per heavy atom. The lowest BCUT2D eigenvalue weighted by Gasteiger charge is -2.39. The second kappa shape index (κ2) is 7.61. The van der Waals surface area contributed by atoms with E-state index >= 15 is 0 Å². The van der Waals surface area contributed by atoms with Crippen molar-refractivity contribution in [1.29, 1.82) is 5.26 Å². The van der Waals surface area contributed by atoms with Gasteiger partial charge in [-0.15, -0.1) is 0 Å². The summed E-state index contributed by atoms with van der Waals surface area (Å²) in [4.78, 5) is 2.43. The summed E-state index contributed by atoms with van der Waals surface area (Å²) in [6.45, 7) is 5.63. The van der Waals surface area contributed by atoms with Crippen LogP contribution in [0.25, 0.3) is 0 Å². The summed E-state index contributed by atoms with van der Waals surface area (Å²) in [5.74, 6) is 1.53. The van der Waals surface area contributed by atoms with Crippen LogP contribution < -0.4 is 0 Å². The Morgan fingerprint density at radius 1 is 1.24 bits per heavy atom. The topological polar surface area (TPSA) is 27.0 Å². The highest BCUT2D eigenvalue weighted by molar-refractivity contribution is 5.21. The van der Waals surface area contributed by atoms with E-state index in [-0.39, 0.29) is 5.92 Å². The normalized spacial score (nSPS) is 26.0. The molecule has 3 atom stereocenters. The summed E-state index contributed by atoms with van der Waals surface area (Å²) >= 11 is 0. The molecule has 1 saturated carbocycles. The molecule has 0 spiro atoms. The molecule has 114 valence electrons. The van der Waals surface area contributed by atoms with Gasteiger partial charge in [0.25, 0.3) is 0 Å². The fraction of sp³-hybridized carbons (Fsp3) is 0.632. The van der Waals surface area contributed by atoms with Crippen molar-refractivity contribution in [3.05, 3.63) is 35.9 Å². The van der Waals surface area contributed by atoms with Crippen LogP contribution in [0, 0.1) is 23.2 Å². The molecule has 0 aliphatic heterocycles. The average Bonchev–Trinajstić information content (AvgIpc) is 2.52. The summed E-state index contributed by atoms with van der Waals surface area (Å²) < 4.78 is 0. The molecule has 1 aliphatic rings. The minimum atomic E-state index is 0.196. The largest absolute Gasteiger partial charge is 0.302 e. The van der Waals surface area contributed by atoms with E-state index in [1.165, 1.54) is 12.0 Å². The Labute approximate surface area is 129 Å². The van der Waals surface area contributed by atoms with Crippen molar-refractivity contribution in [2.45, 2.75) is 51.5 Å². The van der Waals surface area contributed by atoms with Gasteiger partial charge in [0.2, 0.25) is 0 Å². The van der Waals surface area contributed by atoms with E-state index in [0.29, 0.717) is 12.0 Å². The first-order chi connectivity index (χ1) is 10.1. The SMILES string of the molecule is CC(C)CCN(C)C1CC(c2ccccc2)CCC1C#N. The molecular weight excluding hydrogens is 256 g/mol. The van der Waals surface area contributed by atoms with Gasteiger partial charge in [-0.25, -0.2) is 0 Å². The number of nitrogens with zero attached hydrogens (tertiary/aromatic N) is 2. The summed E-state index contributed by atoms with van der Waals surface area (Å²) in [6, 6.07) is 13.8. The number of nitriles is 1. The predicted octanol–water partition coefficient (Wildman–Crippen LogP) is 4.44. The van der Waals surface area contributed by atoms with Crippen molar-refractivity contribution < 1.29 is 0 Å². The second-order valence-corrected chi connectivity index (χ2v) is 6.89. The highest BCUT2D eigenvalue weighted by Crippen LogP contribution is 2.37. The van der Waals surface area contributed by atoms with Gasteiger partial charge in [-0.2, -0.15) is 5.26 Å². The first-order valence-corrected chi connectivity index (χ1v) is 8.26. The molecule has 0 bridgehead atoms. The molecule has 3 unspecified atom stereocenters. The van der Waals surface area contributed by atoms with E-state index in [4.69, 9.17) is 0 Å². The van der Waals surface area contributed by atoms with Gasteiger partial charge in [-0.1, -0.05) is 44.2 Å². The van der Waals surface area contributed by atoms with E-state index in [1.807, 2.05) is 0 Å². The maximum absolute atomic E-state index is 9.47. The van der Waals surface area contributed by atoms with Crippen LogP contribution in [0.15, 0.2) is 30.3 Å². The molecule has 0 radical (unpaired) electrons. The quantitative estimate of drug-likeness (QED) is 0.799. The lowest BCUT2D eigenvalue weighted by Crippen LogP contribution is -2.42. The average molecular weight is 284 g/mol. The minimum Gasteiger partial charge on any atom is -0.302 e. The van der Waals surface area contributed by atoms with Crippen LogP contribution in [-0.4, -0.2) is 24.5 Å². The Balaban J connectivity index is 2.04. The minimum absolute atomic E-state index is 0.196. The molecule has 1 fully saturated rings. The molecule has 0 amide bonds. The molecule has 1 aromatic carbocycles. The molecule has 0 aromatic heterocycles. The lowest BCUT2D eigenvalue weighted by atomic mass is 9.75. The standard InChI is InChI=1S/C19H28N2/c1-15(2)11-12-21(3)19-13-17(9-10-18(19)14-20)16-7-5-4-6-8-16/h4-8,15,17-19H,9-13H2,1-3H3. The van der Waals surface area contributed by atoms with Crippen molar-refractivity contribution in [3.8, 4) is 6.07 Å². The third-order valence-corrected chi connectivity index (χ3v) is 4.88. The van der Waals surface area contributed by atoms with E-state index in [2.05, 4.69) is 62.2 Å². The molecule has 0 saturated heterocycles. The van der Waals surface area contributed by atoms with Crippen molar-refractivity contribution in [2.24, 2.45) is 11.8 Å². The molecule has 21 heavy (non-hydrogen) atoms. The van der Waals surface area contributed by atoms with Gasteiger partial charge in [0.15, 0.2) is 0 Å². The zero-order chi connectivity index (χ0) is 15.2. The van der Waals surface area contributed by atoms with Gasteiger partial charge >= 0.3 is 0 Å². The van der Waals surface area contributed by atoms with Crippen LogP contribution >= 0.6 is 0 Å². The Hall–Kier alpha value is -1.33. The van der Waals surface area contributed by atoms with Crippen LogP contribution in [0.4, 0.5) is 0 Å². The lowest BCUT2D eigenvalue weighted by molar-refractivity contribution is 0.140. The van der Waals surface area contributed by atoms with Crippen molar-refractivity contribution in [1.82, 2.24) is 4.90 Å². The summed E-state index contributed by atoms with van der Waals surface area (Å²) in [5.41, 5.74) is 1.44. The van der Waals surface area contributed by atoms with Gasteiger partial charge < -0.3 is 4.90 Å². The summed E-state index contributed by atoms with van der Waals surface area (Å²) in [5, 5.41) is 9.47.